The van der Waals surface area contributed by atoms with E-state index in [1.54, 1.807) is 0 Å². The Labute approximate surface area is 97.7 Å². The summed E-state index contributed by atoms with van der Waals surface area (Å²) in [5.74, 6) is 0. The lowest BCUT2D eigenvalue weighted by Gasteiger charge is -2.32. The van der Waals surface area contributed by atoms with Crippen LogP contribution in [0, 0.1) is 6.92 Å². The maximum atomic E-state index is 10.3. The molecule has 1 aliphatic carbocycles. The quantitative estimate of drug-likeness (QED) is 0.818. The van der Waals surface area contributed by atoms with Crippen LogP contribution >= 0.6 is 0 Å². The van der Waals surface area contributed by atoms with E-state index in [0.29, 0.717) is 6.54 Å². The van der Waals surface area contributed by atoms with Crippen LogP contribution in [0.15, 0.2) is 24.3 Å². The molecule has 0 amide bonds. The topological polar surface area (TPSA) is 32.3 Å². The van der Waals surface area contributed by atoms with Gasteiger partial charge in [0.05, 0.1) is 5.60 Å². The summed E-state index contributed by atoms with van der Waals surface area (Å²) in [5.41, 5.74) is 1.88. The molecule has 0 radical (unpaired) electrons. The third kappa shape index (κ3) is 2.99. The number of hydrogen-bond acceptors (Lipinski definition) is 2. The molecule has 1 fully saturated rings. The van der Waals surface area contributed by atoms with E-state index in [9.17, 15) is 5.11 Å². The second-order valence-electron chi connectivity index (χ2n) is 5.01. The minimum Gasteiger partial charge on any atom is -0.388 e. The standard InChI is InChI=1S/C14H21NO/c1-12-6-5-7-13(10-12)15-11-14(16)8-3-2-4-9-14/h5-7,10,15-16H,2-4,8-9,11H2,1H3. The number of benzene rings is 1. The minimum absolute atomic E-state index is 0.484. The number of aliphatic hydroxyl groups is 1. The molecule has 2 N–H and O–H groups in total. The predicted octanol–water partition coefficient (Wildman–Crippen LogP) is 3.10. The van der Waals surface area contributed by atoms with Gasteiger partial charge in [-0.25, -0.2) is 0 Å². The molecule has 1 aliphatic rings. The first-order valence-electron chi connectivity index (χ1n) is 6.21. The molecular formula is C14H21NO. The molecule has 0 aromatic heterocycles. The van der Waals surface area contributed by atoms with Gasteiger partial charge in [0.15, 0.2) is 0 Å². The van der Waals surface area contributed by atoms with Gasteiger partial charge in [-0.2, -0.15) is 0 Å². The van der Waals surface area contributed by atoms with Crippen LogP contribution in [0.5, 0.6) is 0 Å². The number of rotatable bonds is 3. The number of nitrogens with one attached hydrogen (secondary N) is 1. The van der Waals surface area contributed by atoms with Crippen molar-refractivity contribution in [2.45, 2.75) is 44.6 Å². The van der Waals surface area contributed by atoms with E-state index < -0.39 is 5.60 Å². The maximum absolute atomic E-state index is 10.3. The van der Waals surface area contributed by atoms with Crippen molar-refractivity contribution >= 4 is 5.69 Å². The van der Waals surface area contributed by atoms with E-state index in [4.69, 9.17) is 0 Å². The Balaban J connectivity index is 1.91. The molecule has 88 valence electrons. The maximum Gasteiger partial charge on any atom is 0.0819 e. The van der Waals surface area contributed by atoms with Gasteiger partial charge in [0.25, 0.3) is 0 Å². The first-order valence-corrected chi connectivity index (χ1v) is 6.21. The SMILES string of the molecule is Cc1cccc(NCC2(O)CCCCC2)c1. The lowest BCUT2D eigenvalue weighted by atomic mass is 9.85. The fraction of sp³-hybridized carbons (Fsp3) is 0.571. The average molecular weight is 219 g/mol. The summed E-state index contributed by atoms with van der Waals surface area (Å²) in [4.78, 5) is 0. The lowest BCUT2D eigenvalue weighted by molar-refractivity contribution is 0.0167. The molecule has 16 heavy (non-hydrogen) atoms. The minimum atomic E-state index is -0.484. The zero-order valence-corrected chi connectivity index (χ0v) is 10.00. The van der Waals surface area contributed by atoms with Gasteiger partial charge in [0, 0.05) is 12.2 Å². The van der Waals surface area contributed by atoms with E-state index in [1.165, 1.54) is 12.0 Å². The average Bonchev–Trinajstić information content (AvgIpc) is 2.28. The largest absolute Gasteiger partial charge is 0.388 e. The molecule has 2 rings (SSSR count). The molecule has 0 unspecified atom stereocenters. The summed E-state index contributed by atoms with van der Waals surface area (Å²) in [6.07, 6.45) is 5.46. The highest BCUT2D eigenvalue weighted by Crippen LogP contribution is 2.28. The van der Waals surface area contributed by atoms with Crippen molar-refractivity contribution in [2.24, 2.45) is 0 Å². The smallest absolute Gasteiger partial charge is 0.0819 e. The predicted molar refractivity (Wildman–Crippen MR) is 67.7 cm³/mol. The van der Waals surface area contributed by atoms with E-state index in [-0.39, 0.29) is 0 Å². The van der Waals surface area contributed by atoms with Crippen LogP contribution in [0.1, 0.15) is 37.7 Å². The van der Waals surface area contributed by atoms with Crippen molar-refractivity contribution < 1.29 is 5.11 Å². The van der Waals surface area contributed by atoms with Crippen LogP contribution in [-0.2, 0) is 0 Å². The molecule has 0 saturated heterocycles. The fourth-order valence-corrected chi connectivity index (χ4v) is 2.41. The summed E-state index contributed by atoms with van der Waals surface area (Å²) in [6.45, 7) is 2.76. The van der Waals surface area contributed by atoms with Crippen LogP contribution in [-0.4, -0.2) is 17.3 Å². The summed E-state index contributed by atoms with van der Waals surface area (Å²) >= 11 is 0. The fourth-order valence-electron chi connectivity index (χ4n) is 2.41. The molecule has 2 nitrogen and oxygen atoms in total. The molecule has 1 saturated carbocycles. The highest BCUT2D eigenvalue weighted by molar-refractivity contribution is 5.45. The van der Waals surface area contributed by atoms with Gasteiger partial charge in [0.2, 0.25) is 0 Å². The third-order valence-corrected chi connectivity index (χ3v) is 3.42. The van der Waals surface area contributed by atoms with Crippen LogP contribution in [0.4, 0.5) is 5.69 Å². The summed E-state index contributed by atoms with van der Waals surface area (Å²) in [6, 6.07) is 8.30. The Morgan fingerprint density at radius 2 is 2.00 bits per heavy atom. The van der Waals surface area contributed by atoms with Crippen molar-refractivity contribution in [1.82, 2.24) is 0 Å². The van der Waals surface area contributed by atoms with E-state index >= 15 is 0 Å². The zero-order chi connectivity index (χ0) is 11.4. The van der Waals surface area contributed by atoms with Gasteiger partial charge in [-0.3, -0.25) is 0 Å². The second-order valence-corrected chi connectivity index (χ2v) is 5.01. The van der Waals surface area contributed by atoms with Crippen LogP contribution < -0.4 is 5.32 Å². The normalized spacial score (nSPS) is 19.4. The third-order valence-electron chi connectivity index (χ3n) is 3.42. The molecule has 0 aliphatic heterocycles. The van der Waals surface area contributed by atoms with Crippen LogP contribution in [0.3, 0.4) is 0 Å². The molecular weight excluding hydrogens is 198 g/mol. The highest BCUT2D eigenvalue weighted by atomic mass is 16.3. The van der Waals surface area contributed by atoms with Crippen LogP contribution in [0.2, 0.25) is 0 Å². The Morgan fingerprint density at radius 3 is 2.69 bits per heavy atom. The molecule has 1 aromatic rings. The van der Waals surface area contributed by atoms with Gasteiger partial charge in [-0.05, 0) is 37.5 Å². The Hall–Kier alpha value is -1.02. The Morgan fingerprint density at radius 1 is 1.25 bits per heavy atom. The Kier molecular flexibility index (Phi) is 3.49. The van der Waals surface area contributed by atoms with Gasteiger partial charge in [-0.15, -0.1) is 0 Å². The van der Waals surface area contributed by atoms with E-state index in [0.717, 1.165) is 31.4 Å². The highest BCUT2D eigenvalue weighted by Gasteiger charge is 2.28. The second kappa shape index (κ2) is 4.88. The molecule has 2 heteroatoms. The van der Waals surface area contributed by atoms with E-state index in [2.05, 4.69) is 30.4 Å². The first kappa shape index (κ1) is 11.5. The monoisotopic (exact) mass is 219 g/mol. The number of hydrogen-bond donors (Lipinski definition) is 2. The summed E-state index contributed by atoms with van der Waals surface area (Å²) in [7, 11) is 0. The van der Waals surface area contributed by atoms with Gasteiger partial charge in [0.1, 0.15) is 0 Å². The van der Waals surface area contributed by atoms with Crippen molar-refractivity contribution in [3.63, 3.8) is 0 Å². The van der Waals surface area contributed by atoms with Gasteiger partial charge in [-0.1, -0.05) is 31.4 Å². The Bertz CT molecular complexity index is 342. The van der Waals surface area contributed by atoms with Crippen molar-refractivity contribution in [1.29, 1.82) is 0 Å². The summed E-state index contributed by atoms with van der Waals surface area (Å²) < 4.78 is 0. The van der Waals surface area contributed by atoms with Crippen LogP contribution in [0.25, 0.3) is 0 Å². The van der Waals surface area contributed by atoms with Gasteiger partial charge >= 0.3 is 0 Å². The molecule has 0 spiro atoms. The molecule has 0 bridgehead atoms. The van der Waals surface area contributed by atoms with Gasteiger partial charge < -0.3 is 10.4 Å². The number of anilines is 1. The first-order chi connectivity index (χ1) is 7.68. The zero-order valence-electron chi connectivity index (χ0n) is 10.00. The molecule has 1 aromatic carbocycles. The van der Waals surface area contributed by atoms with E-state index in [1.807, 2.05) is 6.07 Å². The summed E-state index contributed by atoms with van der Waals surface area (Å²) in [5, 5.41) is 13.7. The van der Waals surface area contributed by atoms with Crippen molar-refractivity contribution in [3.8, 4) is 0 Å². The molecule has 0 heterocycles. The lowest BCUT2D eigenvalue weighted by Crippen LogP contribution is -2.38. The van der Waals surface area contributed by atoms with Crippen molar-refractivity contribution in [2.75, 3.05) is 11.9 Å². The number of aryl methyl sites for hydroxylation is 1. The molecule has 0 atom stereocenters. The van der Waals surface area contributed by atoms with Crippen molar-refractivity contribution in [3.05, 3.63) is 29.8 Å².